The highest BCUT2D eigenvalue weighted by Gasteiger charge is 2.08. The van der Waals surface area contributed by atoms with Crippen molar-refractivity contribution >= 4 is 11.0 Å². The maximum absolute atomic E-state index is 11.4. The lowest BCUT2D eigenvalue weighted by molar-refractivity contribution is 0.827. The van der Waals surface area contributed by atoms with Crippen LogP contribution in [0.5, 0.6) is 0 Å². The first-order valence-corrected chi connectivity index (χ1v) is 4.56. The summed E-state index contributed by atoms with van der Waals surface area (Å²) in [5, 5.41) is 12.1. The van der Waals surface area contributed by atoms with Crippen LogP contribution in [0.25, 0.3) is 16.9 Å². The Balaban J connectivity index is 2.34. The molecular formula is C9H6N6O. The number of hydrogen-bond donors (Lipinski definition) is 1. The third-order valence-corrected chi connectivity index (χ3v) is 2.15. The predicted octanol–water partition coefficient (Wildman–Crippen LogP) is -0.101. The van der Waals surface area contributed by atoms with Crippen LogP contribution in [0.3, 0.4) is 0 Å². The van der Waals surface area contributed by atoms with Gasteiger partial charge in [-0.2, -0.15) is 14.9 Å². The van der Waals surface area contributed by atoms with Crippen LogP contribution < -0.4 is 5.56 Å². The normalized spacial score (nSPS) is 10.8. The van der Waals surface area contributed by atoms with Crippen LogP contribution in [0.15, 0.2) is 35.6 Å². The minimum atomic E-state index is -0.222. The highest BCUT2D eigenvalue weighted by atomic mass is 16.1. The number of hydrogen-bond acceptors (Lipinski definition) is 5. The average molecular weight is 214 g/mol. The zero-order chi connectivity index (χ0) is 11.0. The molecule has 0 amide bonds. The minimum absolute atomic E-state index is 0.222. The molecule has 3 aromatic rings. The molecule has 0 aliphatic carbocycles. The number of aromatic amines is 1. The molecule has 0 fully saturated rings. The summed E-state index contributed by atoms with van der Waals surface area (Å²) in [6.45, 7) is 0. The first-order valence-electron chi connectivity index (χ1n) is 4.56. The minimum Gasteiger partial charge on any atom is -0.312 e. The molecule has 0 aromatic carbocycles. The second-order valence-electron chi connectivity index (χ2n) is 3.11. The van der Waals surface area contributed by atoms with Gasteiger partial charge in [0.25, 0.3) is 5.56 Å². The molecule has 0 saturated heterocycles. The van der Waals surface area contributed by atoms with Gasteiger partial charge in [0.15, 0.2) is 11.5 Å². The maximum atomic E-state index is 11.4. The number of fused-ring (bicyclic) bond motifs is 1. The van der Waals surface area contributed by atoms with Gasteiger partial charge in [-0.1, -0.05) is 0 Å². The van der Waals surface area contributed by atoms with Crippen LogP contribution in [0.4, 0.5) is 0 Å². The molecule has 78 valence electrons. The van der Waals surface area contributed by atoms with E-state index >= 15 is 0 Å². The lowest BCUT2D eigenvalue weighted by Gasteiger charge is -1.98. The van der Waals surface area contributed by atoms with E-state index in [0.29, 0.717) is 16.9 Å². The average Bonchev–Trinajstić information content (AvgIpc) is 2.75. The van der Waals surface area contributed by atoms with Crippen molar-refractivity contribution in [3.63, 3.8) is 0 Å². The first kappa shape index (κ1) is 8.72. The van der Waals surface area contributed by atoms with Crippen LogP contribution in [0.1, 0.15) is 0 Å². The fourth-order valence-electron chi connectivity index (χ4n) is 1.43. The van der Waals surface area contributed by atoms with Gasteiger partial charge in [-0.3, -0.25) is 4.79 Å². The molecule has 3 heterocycles. The largest absolute Gasteiger partial charge is 0.312 e. The van der Waals surface area contributed by atoms with Crippen molar-refractivity contribution in [1.29, 1.82) is 0 Å². The quantitative estimate of drug-likeness (QED) is 0.610. The fraction of sp³-hybridized carbons (Fsp3) is 0. The van der Waals surface area contributed by atoms with E-state index in [2.05, 4.69) is 25.3 Å². The Morgan fingerprint density at radius 2 is 2.31 bits per heavy atom. The molecule has 7 heteroatoms. The smallest absolute Gasteiger partial charge is 0.261 e. The van der Waals surface area contributed by atoms with Gasteiger partial charge in [-0.05, 0) is 12.1 Å². The van der Waals surface area contributed by atoms with Gasteiger partial charge in [-0.15, -0.1) is 5.10 Å². The van der Waals surface area contributed by atoms with Crippen molar-refractivity contribution in [1.82, 2.24) is 29.9 Å². The predicted molar refractivity (Wildman–Crippen MR) is 55.1 cm³/mol. The molecule has 0 saturated carbocycles. The van der Waals surface area contributed by atoms with Crippen LogP contribution >= 0.6 is 0 Å². The molecule has 0 bridgehead atoms. The van der Waals surface area contributed by atoms with E-state index in [4.69, 9.17) is 0 Å². The summed E-state index contributed by atoms with van der Waals surface area (Å²) >= 11 is 0. The Morgan fingerprint density at radius 1 is 1.38 bits per heavy atom. The molecule has 3 aromatic heterocycles. The molecule has 7 nitrogen and oxygen atoms in total. The lowest BCUT2D eigenvalue weighted by Crippen LogP contribution is -2.07. The SMILES string of the molecule is O=c1[nH]cnc2c1cnn2-c1cccnn1. The zero-order valence-corrected chi connectivity index (χ0v) is 8.03. The molecule has 1 N–H and O–H groups in total. The zero-order valence-electron chi connectivity index (χ0n) is 8.03. The van der Waals surface area contributed by atoms with E-state index in [1.807, 2.05) is 0 Å². The van der Waals surface area contributed by atoms with Crippen molar-refractivity contribution in [2.75, 3.05) is 0 Å². The van der Waals surface area contributed by atoms with Crippen LogP contribution in [0, 0.1) is 0 Å². The highest BCUT2D eigenvalue weighted by molar-refractivity contribution is 5.74. The topological polar surface area (TPSA) is 89.4 Å². The van der Waals surface area contributed by atoms with Crippen molar-refractivity contribution in [2.24, 2.45) is 0 Å². The van der Waals surface area contributed by atoms with Crippen LogP contribution in [0.2, 0.25) is 0 Å². The molecular weight excluding hydrogens is 208 g/mol. The molecule has 0 aliphatic rings. The van der Waals surface area contributed by atoms with E-state index in [-0.39, 0.29) is 5.56 Å². The standard InChI is InChI=1S/C9H6N6O/c16-9-6-4-13-15(8(6)10-5-11-9)7-2-1-3-12-14-7/h1-5H,(H,10,11,16). The molecule has 0 aliphatic heterocycles. The molecule has 0 radical (unpaired) electrons. The monoisotopic (exact) mass is 214 g/mol. The Morgan fingerprint density at radius 3 is 3.12 bits per heavy atom. The molecule has 16 heavy (non-hydrogen) atoms. The third kappa shape index (κ3) is 1.18. The lowest BCUT2D eigenvalue weighted by atomic mass is 10.4. The molecule has 3 rings (SSSR count). The van der Waals surface area contributed by atoms with Gasteiger partial charge in [0.05, 0.1) is 12.5 Å². The third-order valence-electron chi connectivity index (χ3n) is 2.15. The number of aromatic nitrogens is 6. The Bertz CT molecular complexity index is 686. The first-order chi connectivity index (χ1) is 7.86. The second-order valence-corrected chi connectivity index (χ2v) is 3.11. The summed E-state index contributed by atoms with van der Waals surface area (Å²) < 4.78 is 1.47. The number of nitrogens with zero attached hydrogens (tertiary/aromatic N) is 5. The number of H-pyrrole nitrogens is 1. The van der Waals surface area contributed by atoms with Crippen molar-refractivity contribution in [3.05, 3.63) is 41.2 Å². The van der Waals surface area contributed by atoms with E-state index in [0.717, 1.165) is 0 Å². The van der Waals surface area contributed by atoms with E-state index in [1.54, 1.807) is 18.3 Å². The summed E-state index contributed by atoms with van der Waals surface area (Å²) in [6, 6.07) is 3.48. The van der Waals surface area contributed by atoms with Gasteiger partial charge in [0.2, 0.25) is 0 Å². The fourth-order valence-corrected chi connectivity index (χ4v) is 1.43. The van der Waals surface area contributed by atoms with Gasteiger partial charge in [0, 0.05) is 6.20 Å². The van der Waals surface area contributed by atoms with Gasteiger partial charge < -0.3 is 4.98 Å². The summed E-state index contributed by atoms with van der Waals surface area (Å²) in [4.78, 5) is 18.0. The van der Waals surface area contributed by atoms with Gasteiger partial charge in [-0.25, -0.2) is 4.98 Å². The molecule has 0 spiro atoms. The Labute approximate surface area is 88.8 Å². The highest BCUT2D eigenvalue weighted by Crippen LogP contribution is 2.09. The Kier molecular flexibility index (Phi) is 1.76. The summed E-state index contributed by atoms with van der Waals surface area (Å²) in [7, 11) is 0. The number of nitrogens with one attached hydrogen (secondary N) is 1. The molecule has 0 atom stereocenters. The summed E-state index contributed by atoms with van der Waals surface area (Å²) in [5.41, 5.74) is 0.240. The number of rotatable bonds is 1. The summed E-state index contributed by atoms with van der Waals surface area (Å²) in [6.07, 6.45) is 4.35. The van der Waals surface area contributed by atoms with Crippen molar-refractivity contribution in [3.8, 4) is 5.82 Å². The van der Waals surface area contributed by atoms with Crippen molar-refractivity contribution < 1.29 is 0 Å². The second kappa shape index (κ2) is 3.23. The van der Waals surface area contributed by atoms with Crippen LogP contribution in [-0.2, 0) is 0 Å². The maximum Gasteiger partial charge on any atom is 0.261 e. The van der Waals surface area contributed by atoms with E-state index in [9.17, 15) is 4.79 Å². The van der Waals surface area contributed by atoms with Crippen LogP contribution in [-0.4, -0.2) is 29.9 Å². The van der Waals surface area contributed by atoms with E-state index in [1.165, 1.54) is 17.2 Å². The van der Waals surface area contributed by atoms with E-state index < -0.39 is 0 Å². The van der Waals surface area contributed by atoms with Gasteiger partial charge >= 0.3 is 0 Å². The molecule has 0 unspecified atom stereocenters. The Hall–Kier alpha value is -2.57. The summed E-state index contributed by atoms with van der Waals surface area (Å²) in [5.74, 6) is 0.524. The van der Waals surface area contributed by atoms with Gasteiger partial charge in [0.1, 0.15) is 5.39 Å². The van der Waals surface area contributed by atoms with Crippen molar-refractivity contribution in [2.45, 2.75) is 0 Å².